The van der Waals surface area contributed by atoms with E-state index in [-0.39, 0.29) is 41.6 Å². The maximum atomic E-state index is 11.8. The van der Waals surface area contributed by atoms with Gasteiger partial charge in [0.1, 0.15) is 18.5 Å². The van der Waals surface area contributed by atoms with Gasteiger partial charge in [-0.25, -0.2) is 13.2 Å². The van der Waals surface area contributed by atoms with Crippen molar-refractivity contribution in [3.05, 3.63) is 0 Å². The van der Waals surface area contributed by atoms with Crippen LogP contribution in [-0.2, 0) is 28.4 Å². The Bertz CT molecular complexity index is 285. The van der Waals surface area contributed by atoms with Crippen LogP contribution in [0.15, 0.2) is 0 Å². The number of alkyl halides is 3. The summed E-state index contributed by atoms with van der Waals surface area (Å²) in [6, 6.07) is 0. The molecule has 0 heterocycles. The maximum absolute atomic E-state index is 11.8. The molecule has 20 heavy (non-hydrogen) atoms. The molecule has 0 saturated heterocycles. The number of ether oxygens (including phenoxy) is 2. The third kappa shape index (κ3) is 11.8. The molecule has 0 rings (SSSR count). The molecule has 0 fully saturated rings. The fourth-order valence-corrected chi connectivity index (χ4v) is 1.30. The Balaban J connectivity index is 0. The number of halogens is 3. The van der Waals surface area contributed by atoms with Gasteiger partial charge in [0.2, 0.25) is 0 Å². The van der Waals surface area contributed by atoms with Crippen LogP contribution in [-0.4, -0.2) is 43.5 Å². The molecule has 0 radical (unpaired) electrons. The van der Waals surface area contributed by atoms with E-state index in [4.69, 9.17) is 0 Å². The predicted molar refractivity (Wildman–Crippen MR) is 52.1 cm³/mol. The van der Waals surface area contributed by atoms with Gasteiger partial charge in [-0.3, -0.25) is 14.6 Å². The van der Waals surface area contributed by atoms with Crippen molar-refractivity contribution in [1.82, 2.24) is 0 Å². The van der Waals surface area contributed by atoms with Crippen molar-refractivity contribution in [3.8, 4) is 0 Å². The first-order chi connectivity index (χ1) is 9.01. The van der Waals surface area contributed by atoms with Gasteiger partial charge in [0, 0.05) is 12.0 Å². The number of esters is 2. The molecule has 0 saturated carbocycles. The monoisotopic (exact) mass is 330 g/mol. The number of carbonyl (C=O) groups is 2. The van der Waals surface area contributed by atoms with Crippen LogP contribution in [0.4, 0.5) is 13.2 Å². The van der Waals surface area contributed by atoms with Crippen molar-refractivity contribution in [1.29, 1.82) is 0 Å². The van der Waals surface area contributed by atoms with Crippen molar-refractivity contribution in [2.45, 2.75) is 18.1 Å². The molecule has 0 aromatic heterocycles. The zero-order valence-corrected chi connectivity index (χ0v) is 13.2. The van der Waals surface area contributed by atoms with Crippen LogP contribution in [0.2, 0.25) is 0 Å². The fraction of sp³-hybridized carbons (Fsp3) is 0.750. The average Bonchev–Trinajstić information content (AvgIpc) is 2.38. The van der Waals surface area contributed by atoms with E-state index in [2.05, 4.69) is 18.8 Å². The van der Waals surface area contributed by atoms with Gasteiger partial charge in [-0.1, -0.05) is 0 Å². The van der Waals surface area contributed by atoms with E-state index in [1.54, 1.807) is 0 Å². The first-order valence-electron chi connectivity index (χ1n) is 4.79. The summed E-state index contributed by atoms with van der Waals surface area (Å²) in [7, 11) is 0. The van der Waals surface area contributed by atoms with Gasteiger partial charge in [-0.05, 0) is 0 Å². The number of hydrogen-bond donors (Lipinski definition) is 0. The summed E-state index contributed by atoms with van der Waals surface area (Å²) < 4.78 is 47.6. The third-order valence-corrected chi connectivity index (χ3v) is 2.22. The smallest absolute Gasteiger partial charge is 0.691 e. The second-order valence-corrected chi connectivity index (χ2v) is 3.75. The summed E-state index contributed by atoms with van der Waals surface area (Å²) in [4.78, 5) is 22.4. The van der Waals surface area contributed by atoms with E-state index in [1.165, 1.54) is 0 Å². The van der Waals surface area contributed by atoms with Crippen molar-refractivity contribution in [3.63, 3.8) is 0 Å². The summed E-state index contributed by atoms with van der Waals surface area (Å²) in [6.45, 7) is -2.63. The molecule has 0 aliphatic rings. The van der Waals surface area contributed by atoms with Gasteiger partial charge in [0.15, 0.2) is 6.61 Å². The van der Waals surface area contributed by atoms with E-state index in [1.807, 2.05) is 0 Å². The minimum atomic E-state index is -2.85. The molecule has 12 heteroatoms. The zero-order chi connectivity index (χ0) is 14.7. The molecule has 0 aliphatic carbocycles. The molecule has 0 amide bonds. The average molecular weight is 330 g/mol. The summed E-state index contributed by atoms with van der Waals surface area (Å²) in [5, 5.41) is 11.2. The van der Waals surface area contributed by atoms with Crippen molar-refractivity contribution in [2.75, 3.05) is 19.9 Å². The molecule has 0 spiro atoms. The Morgan fingerprint density at radius 2 is 1.90 bits per heavy atom. The number of hydrogen-bond acceptors (Lipinski definition) is 8. The molecule has 0 aromatic rings. The summed E-state index contributed by atoms with van der Waals surface area (Å²) in [5.41, 5.74) is 0. The van der Waals surface area contributed by atoms with E-state index in [9.17, 15) is 28.0 Å². The third-order valence-electron chi connectivity index (χ3n) is 1.49. The predicted octanol–water partition coefficient (Wildman–Crippen LogP) is -3.06. The molecule has 0 N–H and O–H groups in total. The van der Waals surface area contributed by atoms with Crippen LogP contribution in [0.3, 0.4) is 0 Å². The van der Waals surface area contributed by atoms with Gasteiger partial charge < -0.3 is 14.7 Å². The van der Waals surface area contributed by atoms with E-state index >= 15 is 0 Å². The normalized spacial score (nSPS) is 11.7. The second kappa shape index (κ2) is 13.9. The Hall–Kier alpha value is -0.0400. The van der Waals surface area contributed by atoms with E-state index in [0.717, 1.165) is 0 Å². The Morgan fingerprint density at radius 1 is 1.25 bits per heavy atom. The van der Waals surface area contributed by atoms with Crippen LogP contribution in [0.25, 0.3) is 0 Å². The largest absolute Gasteiger partial charge is 1.00 e. The molecule has 1 unspecified atom stereocenters. The van der Waals surface area contributed by atoms with Crippen LogP contribution < -0.4 is 34.8 Å². The van der Waals surface area contributed by atoms with Crippen molar-refractivity contribution >= 4 is 24.0 Å². The van der Waals surface area contributed by atoms with Gasteiger partial charge in [-0.15, -0.1) is 0 Å². The van der Waals surface area contributed by atoms with Gasteiger partial charge >= 0.3 is 41.5 Å². The van der Waals surface area contributed by atoms with Crippen molar-refractivity contribution < 1.29 is 76.4 Å². The maximum Gasteiger partial charge on any atom is 1.00 e. The SMILES string of the molecule is O=C(CC(SOO[O-])C(=O)OCCF)OCC(F)F.[Na+]. The number of rotatable bonds is 10. The molecule has 0 aliphatic heterocycles. The molecule has 0 aromatic carbocycles. The number of carbonyl (C=O) groups excluding carboxylic acids is 2. The summed E-state index contributed by atoms with van der Waals surface area (Å²) >= 11 is 0.123. The van der Waals surface area contributed by atoms with Crippen LogP contribution >= 0.6 is 12.0 Å². The second-order valence-electron chi connectivity index (χ2n) is 2.86. The molecule has 7 nitrogen and oxygen atoms in total. The Morgan fingerprint density at radius 3 is 2.40 bits per heavy atom. The fourth-order valence-electron chi connectivity index (χ4n) is 0.818. The van der Waals surface area contributed by atoms with Gasteiger partial charge in [0.25, 0.3) is 6.43 Å². The van der Waals surface area contributed by atoms with E-state index in [0.29, 0.717) is 0 Å². The first-order valence-corrected chi connectivity index (χ1v) is 5.60. The quantitative estimate of drug-likeness (QED) is 0.137. The van der Waals surface area contributed by atoms with Crippen molar-refractivity contribution in [2.24, 2.45) is 0 Å². The summed E-state index contributed by atoms with van der Waals surface area (Å²) in [6.07, 6.45) is -3.55. The summed E-state index contributed by atoms with van der Waals surface area (Å²) in [5.74, 6) is -2.21. The Kier molecular flexibility index (Phi) is 15.5. The van der Waals surface area contributed by atoms with Crippen LogP contribution in [0, 0.1) is 0 Å². The first kappa shape index (κ1) is 22.2. The van der Waals surface area contributed by atoms with E-state index < -0.39 is 49.9 Å². The minimum absolute atomic E-state index is 0. The van der Waals surface area contributed by atoms with Gasteiger partial charge in [-0.2, -0.15) is 4.33 Å². The van der Waals surface area contributed by atoms with Crippen LogP contribution in [0.1, 0.15) is 6.42 Å². The molecule has 1 atom stereocenters. The zero-order valence-electron chi connectivity index (χ0n) is 10.4. The molecule has 0 bridgehead atoms. The standard InChI is InChI=1S/C8H11F3O7S.Na/c9-1-2-15-8(13)5(19-18-17-14)3-7(12)16-4-6(10)11;/h5-6,14H,1-4H2;/q;+1/p-1. The Labute approximate surface area is 138 Å². The molecular weight excluding hydrogens is 320 g/mol. The minimum Gasteiger partial charge on any atom is -0.691 e. The molecular formula is C8H10F3NaO7S. The van der Waals surface area contributed by atoms with Crippen LogP contribution in [0.5, 0.6) is 0 Å². The topological polar surface area (TPSA) is 94.1 Å². The molecule has 112 valence electrons. The van der Waals surface area contributed by atoms with Gasteiger partial charge in [0.05, 0.1) is 6.42 Å².